The quantitative estimate of drug-likeness (QED) is 0.102. The Morgan fingerprint density at radius 1 is 1.10 bits per heavy atom. The maximum absolute atomic E-state index is 13.8. The van der Waals surface area contributed by atoms with E-state index in [2.05, 4.69) is 20.9 Å². The van der Waals surface area contributed by atoms with Crippen molar-refractivity contribution in [2.75, 3.05) is 6.61 Å². The summed E-state index contributed by atoms with van der Waals surface area (Å²) >= 11 is 0. The van der Waals surface area contributed by atoms with Gasteiger partial charge in [0.2, 0.25) is 17.7 Å². The molecule has 0 saturated carbocycles. The number of hydrogen-bond acceptors (Lipinski definition) is 7. The lowest BCUT2D eigenvalue weighted by molar-refractivity contribution is -0.130. The van der Waals surface area contributed by atoms with Crippen LogP contribution in [0.25, 0.3) is 10.9 Å². The molecule has 12 heteroatoms. The molecule has 2 heterocycles. The van der Waals surface area contributed by atoms with Gasteiger partial charge in [0.1, 0.15) is 11.9 Å². The number of H-pyrrole nitrogens is 1. The number of amidine groups is 1. The number of hydrogen-bond donors (Lipinski definition) is 8. The molecule has 42 heavy (non-hydrogen) atoms. The van der Waals surface area contributed by atoms with Crippen LogP contribution >= 0.6 is 0 Å². The van der Waals surface area contributed by atoms with Gasteiger partial charge in [-0.15, -0.1) is 0 Å². The number of aromatic amines is 1. The molecule has 1 aliphatic heterocycles. The van der Waals surface area contributed by atoms with Crippen LogP contribution in [-0.4, -0.2) is 64.7 Å². The Morgan fingerprint density at radius 2 is 1.83 bits per heavy atom. The molecular weight excluding hydrogens is 538 g/mol. The van der Waals surface area contributed by atoms with Crippen molar-refractivity contribution in [2.24, 2.45) is 17.4 Å². The lowest BCUT2D eigenvalue weighted by atomic mass is 9.96. The van der Waals surface area contributed by atoms with Crippen LogP contribution in [0.4, 0.5) is 0 Å². The van der Waals surface area contributed by atoms with E-state index in [1.807, 2.05) is 37.4 Å². The summed E-state index contributed by atoms with van der Waals surface area (Å²) in [6.07, 6.45) is 1.83. The Kier molecular flexibility index (Phi) is 10.3. The Hall–Kier alpha value is -4.26. The lowest BCUT2D eigenvalue weighted by Gasteiger charge is -2.27. The van der Waals surface area contributed by atoms with E-state index < -0.39 is 36.1 Å². The molecule has 0 bridgehead atoms. The summed E-state index contributed by atoms with van der Waals surface area (Å²) in [5, 5.41) is 27.8. The number of fused-ring (bicyclic) bond motifs is 1. The van der Waals surface area contributed by atoms with Gasteiger partial charge in [0, 0.05) is 47.6 Å². The predicted molar refractivity (Wildman–Crippen MR) is 158 cm³/mol. The van der Waals surface area contributed by atoms with Gasteiger partial charge in [-0.3, -0.25) is 25.1 Å². The van der Waals surface area contributed by atoms with E-state index in [4.69, 9.17) is 21.6 Å². The molecule has 0 aliphatic carbocycles. The number of primary amides is 1. The summed E-state index contributed by atoms with van der Waals surface area (Å²) in [6.45, 7) is 2.36. The Bertz CT molecular complexity index is 1410. The molecule has 224 valence electrons. The number of nitrogen functional groups attached to an aromatic ring is 1. The maximum Gasteiger partial charge on any atom is 0.242 e. The molecule has 12 nitrogen and oxygen atoms in total. The summed E-state index contributed by atoms with van der Waals surface area (Å²) in [7, 11) is 0. The number of aliphatic hydroxyl groups excluding tert-OH is 1. The number of carbonyl (C=O) groups is 3. The summed E-state index contributed by atoms with van der Waals surface area (Å²) in [5.74, 6) is -1.73. The topological polar surface area (TPSA) is 208 Å². The zero-order valence-corrected chi connectivity index (χ0v) is 23.6. The number of ether oxygens (including phenoxy) is 1. The van der Waals surface area contributed by atoms with E-state index in [9.17, 15) is 19.5 Å². The summed E-state index contributed by atoms with van der Waals surface area (Å²) < 4.78 is 5.45. The molecule has 10 N–H and O–H groups in total. The second-order valence-electron chi connectivity index (χ2n) is 10.6. The van der Waals surface area contributed by atoms with Crippen LogP contribution < -0.4 is 27.4 Å². The van der Waals surface area contributed by atoms with E-state index in [-0.39, 0.29) is 43.8 Å². The van der Waals surface area contributed by atoms with Gasteiger partial charge in [-0.1, -0.05) is 49.4 Å². The van der Waals surface area contributed by atoms with Crippen molar-refractivity contribution in [3.63, 3.8) is 0 Å². The van der Waals surface area contributed by atoms with Crippen LogP contribution in [0.1, 0.15) is 42.9 Å². The minimum Gasteiger partial charge on any atom is -0.384 e. The van der Waals surface area contributed by atoms with E-state index in [0.29, 0.717) is 18.4 Å². The molecule has 3 amide bonds. The van der Waals surface area contributed by atoms with Gasteiger partial charge in [-0.25, -0.2) is 0 Å². The third kappa shape index (κ3) is 7.72. The van der Waals surface area contributed by atoms with E-state index >= 15 is 0 Å². The SMILES string of the molecule is CCC1C(N[C@H](Cc2c[nH]c3ccccc23)C(=O)N[C@@H](CCC(N)=O)C(=O)NCc2ccc(C(=N)N)cc2)COC1O. The smallest absolute Gasteiger partial charge is 0.242 e. The van der Waals surface area contributed by atoms with Crippen molar-refractivity contribution < 1.29 is 24.2 Å². The lowest BCUT2D eigenvalue weighted by Crippen LogP contribution is -2.56. The molecule has 1 aromatic heterocycles. The summed E-state index contributed by atoms with van der Waals surface area (Å²) in [5.41, 5.74) is 14.1. The first-order valence-corrected chi connectivity index (χ1v) is 14.1. The summed E-state index contributed by atoms with van der Waals surface area (Å²) in [4.78, 5) is 41.8. The highest BCUT2D eigenvalue weighted by Gasteiger charge is 2.38. The third-order valence-electron chi connectivity index (χ3n) is 7.68. The highest BCUT2D eigenvalue weighted by molar-refractivity contribution is 5.95. The van der Waals surface area contributed by atoms with Crippen LogP contribution in [0.2, 0.25) is 0 Å². The number of carbonyl (C=O) groups excluding carboxylic acids is 3. The largest absolute Gasteiger partial charge is 0.384 e. The average Bonchev–Trinajstić information content (AvgIpc) is 3.55. The molecule has 3 unspecified atom stereocenters. The molecule has 4 rings (SSSR count). The van der Waals surface area contributed by atoms with Gasteiger partial charge in [-0.2, -0.15) is 0 Å². The van der Waals surface area contributed by atoms with Crippen LogP contribution in [-0.2, 0) is 32.1 Å². The fourth-order valence-corrected chi connectivity index (χ4v) is 5.25. The summed E-state index contributed by atoms with van der Waals surface area (Å²) in [6, 6.07) is 12.6. The first kappa shape index (κ1) is 30.7. The van der Waals surface area contributed by atoms with Gasteiger partial charge in [0.05, 0.1) is 12.6 Å². The van der Waals surface area contributed by atoms with E-state index in [1.54, 1.807) is 24.3 Å². The zero-order valence-electron chi connectivity index (χ0n) is 23.6. The van der Waals surface area contributed by atoms with Crippen LogP contribution in [0.3, 0.4) is 0 Å². The molecule has 1 aliphatic rings. The minimum absolute atomic E-state index is 0.0266. The second kappa shape index (κ2) is 14.1. The number of benzene rings is 2. The van der Waals surface area contributed by atoms with Gasteiger partial charge < -0.3 is 36.9 Å². The number of rotatable bonds is 14. The second-order valence-corrected chi connectivity index (χ2v) is 10.6. The number of aromatic nitrogens is 1. The first-order chi connectivity index (χ1) is 20.2. The average molecular weight is 578 g/mol. The number of nitrogens with one attached hydrogen (secondary N) is 5. The maximum atomic E-state index is 13.8. The normalized spacial score (nSPS) is 19.7. The van der Waals surface area contributed by atoms with Crippen molar-refractivity contribution in [1.82, 2.24) is 20.9 Å². The Balaban J connectivity index is 1.51. The van der Waals surface area contributed by atoms with Crippen LogP contribution in [0.5, 0.6) is 0 Å². The van der Waals surface area contributed by atoms with E-state index in [0.717, 1.165) is 22.0 Å². The highest BCUT2D eigenvalue weighted by Crippen LogP contribution is 2.25. The Morgan fingerprint density at radius 3 is 2.52 bits per heavy atom. The van der Waals surface area contributed by atoms with Crippen molar-refractivity contribution >= 4 is 34.5 Å². The predicted octanol–water partition coefficient (Wildman–Crippen LogP) is 0.763. The van der Waals surface area contributed by atoms with Crippen LogP contribution in [0, 0.1) is 11.3 Å². The van der Waals surface area contributed by atoms with Gasteiger partial charge in [-0.05, 0) is 36.5 Å². The first-order valence-electron chi connectivity index (χ1n) is 14.1. The number of amides is 3. The highest BCUT2D eigenvalue weighted by atomic mass is 16.6. The van der Waals surface area contributed by atoms with Crippen molar-refractivity contribution in [3.05, 3.63) is 71.4 Å². The molecule has 0 spiro atoms. The molecule has 3 aromatic rings. The zero-order chi connectivity index (χ0) is 30.2. The van der Waals surface area contributed by atoms with Crippen molar-refractivity contribution in [3.8, 4) is 0 Å². The van der Waals surface area contributed by atoms with Gasteiger partial charge in [0.15, 0.2) is 6.29 Å². The molecule has 2 aromatic carbocycles. The standard InChI is InChI=1S/C30H39N7O5/c1-2-20-25(16-42-30(20)41)36-24(13-19-15-34-22-6-4-3-5-21(19)22)29(40)37-23(11-12-26(31)38)28(39)35-14-17-7-9-18(10-8-17)27(32)33/h3-10,15,20,23-25,30,34,36,41H,2,11-14,16H2,1H3,(H2,31,38)(H3,32,33)(H,35,39)(H,37,40)/t20?,23-,24+,25?,30?/m0/s1. The molecule has 1 fully saturated rings. The number of para-hydroxylation sites is 1. The van der Waals surface area contributed by atoms with Gasteiger partial charge >= 0.3 is 0 Å². The van der Waals surface area contributed by atoms with E-state index in [1.165, 1.54) is 0 Å². The van der Waals surface area contributed by atoms with Gasteiger partial charge in [0.25, 0.3) is 0 Å². The minimum atomic E-state index is -1.01. The number of nitrogens with two attached hydrogens (primary N) is 2. The van der Waals surface area contributed by atoms with Crippen molar-refractivity contribution in [1.29, 1.82) is 5.41 Å². The number of aliphatic hydroxyl groups is 1. The molecule has 1 saturated heterocycles. The van der Waals surface area contributed by atoms with Crippen molar-refractivity contribution in [2.45, 2.75) is 63.6 Å². The van der Waals surface area contributed by atoms with Crippen LogP contribution in [0.15, 0.2) is 54.7 Å². The fraction of sp³-hybridized carbons (Fsp3) is 0.400. The molecule has 0 radical (unpaired) electrons. The Labute approximate surface area is 244 Å². The monoisotopic (exact) mass is 577 g/mol. The molecular formula is C30H39N7O5. The molecule has 5 atom stereocenters. The third-order valence-corrected chi connectivity index (χ3v) is 7.68. The fourth-order valence-electron chi connectivity index (χ4n) is 5.25.